The number of hydrogen-bond donors (Lipinski definition) is 1. The molecule has 0 bridgehead atoms. The van der Waals surface area contributed by atoms with Crippen molar-refractivity contribution in [1.82, 2.24) is 10.2 Å². The SMILES string of the molecule is CCOc1ccc(C(CNC(=O)CCC(=O)c2cccc(OC)c2)N(C)C)cc1. The van der Waals surface area contributed by atoms with Crippen LogP contribution in [0.1, 0.15) is 41.7 Å². The number of carbonyl (C=O) groups is 2. The maximum Gasteiger partial charge on any atom is 0.220 e. The van der Waals surface area contributed by atoms with Crippen molar-refractivity contribution < 1.29 is 19.1 Å². The number of nitrogens with zero attached hydrogens (tertiary/aromatic N) is 1. The van der Waals surface area contributed by atoms with E-state index in [4.69, 9.17) is 9.47 Å². The summed E-state index contributed by atoms with van der Waals surface area (Å²) >= 11 is 0. The number of carbonyl (C=O) groups excluding carboxylic acids is 2. The number of hydrogen-bond acceptors (Lipinski definition) is 5. The monoisotopic (exact) mass is 398 g/mol. The summed E-state index contributed by atoms with van der Waals surface area (Å²) in [5.41, 5.74) is 1.64. The molecule has 0 spiro atoms. The van der Waals surface area contributed by atoms with Crippen LogP contribution in [0.25, 0.3) is 0 Å². The molecule has 0 fully saturated rings. The maximum absolute atomic E-state index is 12.3. The Morgan fingerprint density at radius 1 is 1.03 bits per heavy atom. The number of rotatable bonds is 11. The summed E-state index contributed by atoms with van der Waals surface area (Å²) in [4.78, 5) is 26.6. The van der Waals surface area contributed by atoms with E-state index >= 15 is 0 Å². The van der Waals surface area contributed by atoms with Gasteiger partial charge in [-0.3, -0.25) is 9.59 Å². The number of ether oxygens (including phenoxy) is 2. The molecule has 156 valence electrons. The first-order chi connectivity index (χ1) is 13.9. The molecule has 0 aromatic heterocycles. The van der Waals surface area contributed by atoms with Gasteiger partial charge < -0.3 is 19.7 Å². The van der Waals surface area contributed by atoms with Crippen LogP contribution in [0.2, 0.25) is 0 Å². The van der Waals surface area contributed by atoms with Crippen molar-refractivity contribution in [2.75, 3.05) is 34.4 Å². The number of methoxy groups -OCH3 is 1. The van der Waals surface area contributed by atoms with Gasteiger partial charge in [0.05, 0.1) is 19.8 Å². The number of benzene rings is 2. The summed E-state index contributed by atoms with van der Waals surface area (Å²) in [7, 11) is 5.50. The number of Topliss-reactive ketones (excluding diaryl/α,β-unsaturated/α-hetero) is 1. The Morgan fingerprint density at radius 2 is 1.76 bits per heavy atom. The molecule has 2 rings (SSSR count). The normalized spacial score (nSPS) is 11.8. The van der Waals surface area contributed by atoms with E-state index in [1.807, 2.05) is 45.3 Å². The van der Waals surface area contributed by atoms with Crippen LogP contribution in [-0.2, 0) is 4.79 Å². The minimum atomic E-state index is -0.140. The highest BCUT2D eigenvalue weighted by molar-refractivity contribution is 5.98. The van der Waals surface area contributed by atoms with E-state index < -0.39 is 0 Å². The van der Waals surface area contributed by atoms with Gasteiger partial charge in [0.1, 0.15) is 11.5 Å². The highest BCUT2D eigenvalue weighted by Gasteiger charge is 2.16. The van der Waals surface area contributed by atoms with Gasteiger partial charge in [0.25, 0.3) is 0 Å². The fourth-order valence-corrected chi connectivity index (χ4v) is 3.02. The average molecular weight is 399 g/mol. The molecular formula is C23H30N2O4. The first-order valence-corrected chi connectivity index (χ1v) is 9.77. The van der Waals surface area contributed by atoms with Crippen molar-refractivity contribution in [2.24, 2.45) is 0 Å². The minimum Gasteiger partial charge on any atom is -0.497 e. The van der Waals surface area contributed by atoms with Crippen molar-refractivity contribution >= 4 is 11.7 Å². The second kappa shape index (κ2) is 11.2. The zero-order valence-corrected chi connectivity index (χ0v) is 17.6. The zero-order valence-electron chi connectivity index (χ0n) is 17.6. The Balaban J connectivity index is 1.87. The van der Waals surface area contributed by atoms with Crippen LogP contribution < -0.4 is 14.8 Å². The molecule has 0 radical (unpaired) electrons. The third-order valence-corrected chi connectivity index (χ3v) is 4.66. The molecule has 1 unspecified atom stereocenters. The second-order valence-corrected chi connectivity index (χ2v) is 6.94. The molecular weight excluding hydrogens is 368 g/mol. The van der Waals surface area contributed by atoms with Crippen LogP contribution in [0.5, 0.6) is 11.5 Å². The summed E-state index contributed by atoms with van der Waals surface area (Å²) < 4.78 is 10.6. The lowest BCUT2D eigenvalue weighted by molar-refractivity contribution is -0.121. The Morgan fingerprint density at radius 3 is 2.38 bits per heavy atom. The fraction of sp³-hybridized carbons (Fsp3) is 0.391. The van der Waals surface area contributed by atoms with E-state index in [0.29, 0.717) is 24.5 Å². The lowest BCUT2D eigenvalue weighted by Crippen LogP contribution is -2.34. The van der Waals surface area contributed by atoms with E-state index in [1.54, 1.807) is 31.4 Å². The first kappa shape index (κ1) is 22.4. The largest absolute Gasteiger partial charge is 0.497 e. The first-order valence-electron chi connectivity index (χ1n) is 9.77. The van der Waals surface area contributed by atoms with E-state index in [1.165, 1.54) is 0 Å². The van der Waals surface area contributed by atoms with E-state index in [9.17, 15) is 9.59 Å². The van der Waals surface area contributed by atoms with Gasteiger partial charge in [-0.2, -0.15) is 0 Å². The number of amides is 1. The van der Waals surface area contributed by atoms with Gasteiger partial charge in [0.2, 0.25) is 5.91 Å². The van der Waals surface area contributed by atoms with Crippen LogP contribution in [0.15, 0.2) is 48.5 Å². The molecule has 1 N–H and O–H groups in total. The molecule has 2 aromatic carbocycles. The summed E-state index contributed by atoms with van der Waals surface area (Å²) in [5.74, 6) is 1.24. The van der Waals surface area contributed by atoms with E-state index in [2.05, 4.69) is 10.2 Å². The standard InChI is InChI=1S/C23H30N2O4/c1-5-29-19-11-9-17(10-12-19)21(25(2)3)16-24-23(27)14-13-22(26)18-7-6-8-20(15-18)28-4/h6-12,15,21H,5,13-14,16H2,1-4H3,(H,24,27). The maximum atomic E-state index is 12.3. The lowest BCUT2D eigenvalue weighted by atomic mass is 10.0. The average Bonchev–Trinajstić information content (AvgIpc) is 2.73. The number of ketones is 1. The van der Waals surface area contributed by atoms with Gasteiger partial charge >= 0.3 is 0 Å². The molecule has 1 atom stereocenters. The van der Waals surface area contributed by atoms with Gasteiger partial charge in [-0.05, 0) is 50.8 Å². The predicted octanol–water partition coefficient (Wildman–Crippen LogP) is 3.48. The van der Waals surface area contributed by atoms with Crippen molar-refractivity contribution in [2.45, 2.75) is 25.8 Å². The Bertz CT molecular complexity index is 803. The number of nitrogens with one attached hydrogen (secondary N) is 1. The highest BCUT2D eigenvalue weighted by Crippen LogP contribution is 2.21. The predicted molar refractivity (Wildman–Crippen MR) is 114 cm³/mol. The Kier molecular flexibility index (Phi) is 8.68. The summed E-state index contributed by atoms with van der Waals surface area (Å²) in [6.07, 6.45) is 0.314. The zero-order chi connectivity index (χ0) is 21.2. The molecule has 0 aliphatic heterocycles. The third kappa shape index (κ3) is 6.91. The minimum absolute atomic E-state index is 0.0312. The molecule has 6 nitrogen and oxygen atoms in total. The van der Waals surface area contributed by atoms with Crippen LogP contribution in [-0.4, -0.2) is 50.9 Å². The van der Waals surface area contributed by atoms with Crippen molar-refractivity contribution in [3.8, 4) is 11.5 Å². The molecule has 0 saturated heterocycles. The van der Waals surface area contributed by atoms with E-state index in [0.717, 1.165) is 11.3 Å². The third-order valence-electron chi connectivity index (χ3n) is 4.66. The molecule has 0 heterocycles. The lowest BCUT2D eigenvalue weighted by Gasteiger charge is -2.25. The number of likely N-dealkylation sites (N-methyl/N-ethyl adjacent to an activating group) is 1. The Hall–Kier alpha value is -2.86. The fourth-order valence-electron chi connectivity index (χ4n) is 3.02. The van der Waals surface area contributed by atoms with Gasteiger partial charge in [-0.25, -0.2) is 0 Å². The van der Waals surface area contributed by atoms with Gasteiger partial charge in [0, 0.05) is 24.9 Å². The smallest absolute Gasteiger partial charge is 0.220 e. The van der Waals surface area contributed by atoms with Crippen LogP contribution in [0.3, 0.4) is 0 Å². The summed E-state index contributed by atoms with van der Waals surface area (Å²) in [5, 5.41) is 2.94. The summed E-state index contributed by atoms with van der Waals surface area (Å²) in [6.45, 7) is 3.04. The van der Waals surface area contributed by atoms with Crippen molar-refractivity contribution in [1.29, 1.82) is 0 Å². The van der Waals surface area contributed by atoms with Crippen LogP contribution in [0.4, 0.5) is 0 Å². The van der Waals surface area contributed by atoms with Gasteiger partial charge in [-0.1, -0.05) is 24.3 Å². The van der Waals surface area contributed by atoms with Crippen molar-refractivity contribution in [3.05, 3.63) is 59.7 Å². The van der Waals surface area contributed by atoms with Crippen LogP contribution >= 0.6 is 0 Å². The highest BCUT2D eigenvalue weighted by atomic mass is 16.5. The van der Waals surface area contributed by atoms with E-state index in [-0.39, 0.29) is 30.6 Å². The van der Waals surface area contributed by atoms with Crippen molar-refractivity contribution in [3.63, 3.8) is 0 Å². The molecule has 0 saturated carbocycles. The molecule has 0 aliphatic rings. The van der Waals surface area contributed by atoms with Crippen LogP contribution in [0, 0.1) is 0 Å². The Labute approximate surface area is 172 Å². The quantitative estimate of drug-likeness (QED) is 0.587. The van der Waals surface area contributed by atoms with Gasteiger partial charge in [0.15, 0.2) is 5.78 Å². The second-order valence-electron chi connectivity index (χ2n) is 6.94. The molecule has 1 amide bonds. The molecule has 29 heavy (non-hydrogen) atoms. The summed E-state index contributed by atoms with van der Waals surface area (Å²) in [6, 6.07) is 14.9. The van der Waals surface area contributed by atoms with Gasteiger partial charge in [-0.15, -0.1) is 0 Å². The molecule has 0 aliphatic carbocycles. The molecule has 2 aromatic rings. The molecule has 6 heteroatoms. The topological polar surface area (TPSA) is 67.9 Å².